The van der Waals surface area contributed by atoms with Gasteiger partial charge >= 0.3 is 5.97 Å². The predicted molar refractivity (Wildman–Crippen MR) is 81.0 cm³/mol. The molecule has 0 saturated carbocycles. The molecule has 0 bridgehead atoms. The SMILES string of the molecule is O=C(O)/C(=C\c1ccc(CBr)cc1)c1ccccc1. The molecule has 2 aromatic rings. The Morgan fingerprint density at radius 2 is 1.68 bits per heavy atom. The van der Waals surface area contributed by atoms with E-state index in [2.05, 4.69) is 15.9 Å². The van der Waals surface area contributed by atoms with E-state index >= 15 is 0 Å². The molecule has 0 aliphatic carbocycles. The number of alkyl halides is 1. The van der Waals surface area contributed by atoms with E-state index in [1.807, 2.05) is 42.5 Å². The Morgan fingerprint density at radius 3 is 2.21 bits per heavy atom. The third-order valence-electron chi connectivity index (χ3n) is 2.76. The molecule has 2 nitrogen and oxygen atoms in total. The lowest BCUT2D eigenvalue weighted by Gasteiger charge is -2.03. The Morgan fingerprint density at radius 1 is 1.05 bits per heavy atom. The number of aliphatic carboxylic acids is 1. The predicted octanol–water partition coefficient (Wildman–Crippen LogP) is 4.21. The van der Waals surface area contributed by atoms with Crippen LogP contribution in [0.2, 0.25) is 0 Å². The maximum atomic E-state index is 11.4. The molecule has 0 saturated heterocycles. The van der Waals surface area contributed by atoms with Gasteiger partial charge in [-0.15, -0.1) is 0 Å². The van der Waals surface area contributed by atoms with E-state index in [1.54, 1.807) is 18.2 Å². The summed E-state index contributed by atoms with van der Waals surface area (Å²) in [6.07, 6.45) is 1.69. The molecule has 0 spiro atoms. The summed E-state index contributed by atoms with van der Waals surface area (Å²) < 4.78 is 0. The first-order valence-corrected chi connectivity index (χ1v) is 6.98. The van der Waals surface area contributed by atoms with Crippen molar-refractivity contribution in [2.24, 2.45) is 0 Å². The van der Waals surface area contributed by atoms with Crippen LogP contribution in [0.5, 0.6) is 0 Å². The minimum Gasteiger partial charge on any atom is -0.478 e. The lowest BCUT2D eigenvalue weighted by molar-refractivity contribution is -0.130. The highest BCUT2D eigenvalue weighted by molar-refractivity contribution is 9.08. The summed E-state index contributed by atoms with van der Waals surface area (Å²) in [6, 6.07) is 16.9. The summed E-state index contributed by atoms with van der Waals surface area (Å²) in [6.45, 7) is 0. The van der Waals surface area contributed by atoms with Crippen LogP contribution < -0.4 is 0 Å². The van der Waals surface area contributed by atoms with Gasteiger partial charge in [-0.05, 0) is 22.8 Å². The number of carboxylic acid groups (broad SMARTS) is 1. The number of hydrogen-bond donors (Lipinski definition) is 1. The van der Waals surface area contributed by atoms with Crippen molar-refractivity contribution in [3.8, 4) is 0 Å². The number of carbonyl (C=O) groups is 1. The zero-order valence-electron chi connectivity index (χ0n) is 10.2. The molecule has 1 N–H and O–H groups in total. The van der Waals surface area contributed by atoms with E-state index in [0.717, 1.165) is 16.5 Å². The van der Waals surface area contributed by atoms with Crippen molar-refractivity contribution in [1.82, 2.24) is 0 Å². The Balaban J connectivity index is 2.38. The zero-order chi connectivity index (χ0) is 13.7. The molecule has 19 heavy (non-hydrogen) atoms. The van der Waals surface area contributed by atoms with Crippen LogP contribution in [-0.2, 0) is 10.1 Å². The van der Waals surface area contributed by atoms with Crippen molar-refractivity contribution < 1.29 is 9.90 Å². The molecular weight excluding hydrogens is 304 g/mol. The Labute approximate surface area is 120 Å². The fraction of sp³-hybridized carbons (Fsp3) is 0.0625. The van der Waals surface area contributed by atoms with Gasteiger partial charge in [-0.25, -0.2) is 4.79 Å². The van der Waals surface area contributed by atoms with Crippen molar-refractivity contribution in [2.45, 2.75) is 5.33 Å². The average molecular weight is 317 g/mol. The van der Waals surface area contributed by atoms with Crippen LogP contribution in [0.1, 0.15) is 16.7 Å². The fourth-order valence-corrected chi connectivity index (χ4v) is 2.13. The summed E-state index contributed by atoms with van der Waals surface area (Å²) in [5.74, 6) is -0.921. The van der Waals surface area contributed by atoms with E-state index in [1.165, 1.54) is 0 Å². The summed E-state index contributed by atoms with van der Waals surface area (Å²) in [5.41, 5.74) is 3.05. The van der Waals surface area contributed by atoms with Crippen molar-refractivity contribution in [3.63, 3.8) is 0 Å². The second-order valence-corrected chi connectivity index (χ2v) is 4.67. The molecule has 0 radical (unpaired) electrons. The van der Waals surface area contributed by atoms with Gasteiger partial charge < -0.3 is 5.11 Å². The topological polar surface area (TPSA) is 37.3 Å². The van der Waals surface area contributed by atoms with Crippen LogP contribution in [0.4, 0.5) is 0 Å². The number of benzene rings is 2. The fourth-order valence-electron chi connectivity index (χ4n) is 1.76. The summed E-state index contributed by atoms with van der Waals surface area (Å²) in [4.78, 5) is 11.4. The number of hydrogen-bond acceptors (Lipinski definition) is 1. The summed E-state index contributed by atoms with van der Waals surface area (Å²) >= 11 is 3.38. The van der Waals surface area contributed by atoms with Gasteiger partial charge in [0.25, 0.3) is 0 Å². The molecule has 0 aromatic heterocycles. The molecule has 0 unspecified atom stereocenters. The molecule has 3 heteroatoms. The highest BCUT2D eigenvalue weighted by Crippen LogP contribution is 2.19. The summed E-state index contributed by atoms with van der Waals surface area (Å²) in [5, 5.41) is 10.1. The van der Waals surface area contributed by atoms with Crippen molar-refractivity contribution in [2.75, 3.05) is 0 Å². The average Bonchev–Trinajstić information content (AvgIpc) is 2.46. The lowest BCUT2D eigenvalue weighted by atomic mass is 10.0. The molecule has 0 aliphatic heterocycles. The van der Waals surface area contributed by atoms with Gasteiger partial charge in [0.05, 0.1) is 5.57 Å². The highest BCUT2D eigenvalue weighted by Gasteiger charge is 2.09. The van der Waals surface area contributed by atoms with E-state index in [0.29, 0.717) is 11.1 Å². The molecule has 0 fully saturated rings. The van der Waals surface area contributed by atoms with Crippen LogP contribution in [-0.4, -0.2) is 11.1 Å². The van der Waals surface area contributed by atoms with Gasteiger partial charge in [0, 0.05) is 5.33 Å². The molecular formula is C16H13BrO2. The van der Waals surface area contributed by atoms with Crippen molar-refractivity contribution in [1.29, 1.82) is 0 Å². The molecule has 0 atom stereocenters. The third kappa shape index (κ3) is 3.55. The van der Waals surface area contributed by atoms with E-state index in [9.17, 15) is 9.90 Å². The maximum absolute atomic E-state index is 11.4. The molecule has 96 valence electrons. The smallest absolute Gasteiger partial charge is 0.336 e. The maximum Gasteiger partial charge on any atom is 0.336 e. The third-order valence-corrected chi connectivity index (χ3v) is 3.41. The van der Waals surface area contributed by atoms with E-state index < -0.39 is 5.97 Å². The van der Waals surface area contributed by atoms with Crippen LogP contribution in [0.3, 0.4) is 0 Å². The van der Waals surface area contributed by atoms with Crippen LogP contribution in [0.15, 0.2) is 54.6 Å². The standard InChI is InChI=1S/C16H13BrO2/c17-11-13-8-6-12(7-9-13)10-15(16(18)19)14-4-2-1-3-5-14/h1-10H,11H2,(H,18,19)/b15-10-. The van der Waals surface area contributed by atoms with Gasteiger partial charge in [-0.1, -0.05) is 70.5 Å². The Kier molecular flexibility index (Phi) is 4.53. The Hall–Kier alpha value is -1.87. The van der Waals surface area contributed by atoms with Crippen LogP contribution in [0.25, 0.3) is 11.6 Å². The van der Waals surface area contributed by atoms with Gasteiger partial charge in [0.15, 0.2) is 0 Å². The normalized spacial score (nSPS) is 11.3. The Bertz CT molecular complexity index is 586. The first-order chi connectivity index (χ1) is 9.20. The molecule has 0 amide bonds. The minimum absolute atomic E-state index is 0.298. The quantitative estimate of drug-likeness (QED) is 0.521. The van der Waals surface area contributed by atoms with Gasteiger partial charge in [-0.2, -0.15) is 0 Å². The van der Waals surface area contributed by atoms with Crippen LogP contribution >= 0.6 is 15.9 Å². The van der Waals surface area contributed by atoms with Crippen molar-refractivity contribution >= 4 is 33.5 Å². The summed E-state index contributed by atoms with van der Waals surface area (Å²) in [7, 11) is 0. The number of halogens is 1. The van der Waals surface area contributed by atoms with Crippen molar-refractivity contribution in [3.05, 3.63) is 71.3 Å². The number of rotatable bonds is 4. The lowest BCUT2D eigenvalue weighted by Crippen LogP contribution is -1.99. The minimum atomic E-state index is -0.921. The largest absolute Gasteiger partial charge is 0.478 e. The van der Waals surface area contributed by atoms with E-state index in [4.69, 9.17) is 0 Å². The molecule has 0 aliphatic rings. The highest BCUT2D eigenvalue weighted by atomic mass is 79.9. The molecule has 0 heterocycles. The van der Waals surface area contributed by atoms with Gasteiger partial charge in [-0.3, -0.25) is 0 Å². The van der Waals surface area contributed by atoms with Gasteiger partial charge in [0.2, 0.25) is 0 Å². The van der Waals surface area contributed by atoms with Gasteiger partial charge in [0.1, 0.15) is 0 Å². The zero-order valence-corrected chi connectivity index (χ0v) is 11.8. The monoisotopic (exact) mass is 316 g/mol. The first-order valence-electron chi connectivity index (χ1n) is 5.86. The molecule has 2 rings (SSSR count). The van der Waals surface area contributed by atoms with Crippen LogP contribution in [0, 0.1) is 0 Å². The van der Waals surface area contributed by atoms with E-state index in [-0.39, 0.29) is 0 Å². The molecule has 2 aromatic carbocycles. The number of carboxylic acids is 1. The first kappa shape index (κ1) is 13.6. The second kappa shape index (κ2) is 6.34. The second-order valence-electron chi connectivity index (χ2n) is 4.10.